The van der Waals surface area contributed by atoms with Crippen molar-refractivity contribution in [3.05, 3.63) is 70.4 Å². The molecule has 3 aromatic rings. The molecule has 1 atom stereocenters. The molecule has 4 heterocycles. The van der Waals surface area contributed by atoms with Gasteiger partial charge in [-0.15, -0.1) is 0 Å². The lowest BCUT2D eigenvalue weighted by molar-refractivity contribution is -0.128. The number of rotatable bonds is 11. The van der Waals surface area contributed by atoms with Crippen molar-refractivity contribution < 1.29 is 18.7 Å². The van der Waals surface area contributed by atoms with E-state index in [-0.39, 0.29) is 18.5 Å². The monoisotopic (exact) mass is 619 g/mol. The maximum Gasteiger partial charge on any atom is 0.318 e. The lowest BCUT2D eigenvalue weighted by Crippen LogP contribution is -2.56. The van der Waals surface area contributed by atoms with Crippen LogP contribution in [0.15, 0.2) is 42.7 Å². The van der Waals surface area contributed by atoms with Gasteiger partial charge in [0, 0.05) is 61.2 Å². The zero-order valence-corrected chi connectivity index (χ0v) is 25.3. The molecule has 0 unspecified atom stereocenters. The van der Waals surface area contributed by atoms with Crippen LogP contribution in [0, 0.1) is 6.57 Å². The van der Waals surface area contributed by atoms with E-state index >= 15 is 0 Å². The smallest absolute Gasteiger partial charge is 0.318 e. The van der Waals surface area contributed by atoms with Gasteiger partial charge in [-0.2, -0.15) is 9.97 Å². The summed E-state index contributed by atoms with van der Waals surface area (Å²) >= 11 is 6.65. The van der Waals surface area contributed by atoms with Gasteiger partial charge in [0.05, 0.1) is 48.5 Å². The molecule has 1 saturated heterocycles. The van der Waals surface area contributed by atoms with E-state index in [9.17, 15) is 9.18 Å². The first-order valence-corrected chi connectivity index (χ1v) is 15.5. The number of pyridine rings is 1. The third-order valence-corrected chi connectivity index (χ3v) is 8.51. The molecule has 3 aliphatic rings. The molecule has 0 radical (unpaired) electrons. The molecule has 10 nitrogen and oxygen atoms in total. The molecular weight excluding hydrogens is 585 g/mol. The maximum atomic E-state index is 12.8. The first-order valence-electron chi connectivity index (χ1n) is 15.1. The zero-order valence-electron chi connectivity index (χ0n) is 24.5. The van der Waals surface area contributed by atoms with E-state index in [4.69, 9.17) is 37.6 Å². The van der Waals surface area contributed by atoms with E-state index < -0.39 is 6.67 Å². The summed E-state index contributed by atoms with van der Waals surface area (Å²) in [5.74, 6) is 0.491. The predicted molar refractivity (Wildman–Crippen MR) is 167 cm³/mol. The Morgan fingerprint density at radius 1 is 1.16 bits per heavy atom. The molecular formula is C32H35ClFN7O3. The standard InChI is InChI=1S/C32H35ClFN7O3/c1-35-18-23-20-40(13-14-41(23)29(42)7-3-11-34)31-25-10-12-39(28-19-36-17-22-5-2-6-26(33)30(22)28)21-27(25)37-32(38-31)44-16-4-15-43-24-8-9-24/h2-3,5-7,17,19,23-24H,4,8-16,18,20-21H2/b7-3+/t23-/m0/s1. The number of piperazine rings is 1. The topological polar surface area (TPSA) is 88.3 Å². The Hall–Kier alpha value is -4.01. The average Bonchev–Trinajstić information content (AvgIpc) is 3.87. The molecule has 6 rings (SSSR count). The molecule has 44 heavy (non-hydrogen) atoms. The van der Waals surface area contributed by atoms with Crippen molar-refractivity contribution in [1.29, 1.82) is 0 Å². The highest BCUT2D eigenvalue weighted by molar-refractivity contribution is 6.36. The summed E-state index contributed by atoms with van der Waals surface area (Å²) in [4.78, 5) is 36.6. The Bertz CT molecular complexity index is 1570. The van der Waals surface area contributed by atoms with Crippen molar-refractivity contribution in [3.8, 4) is 6.01 Å². The van der Waals surface area contributed by atoms with Gasteiger partial charge in [-0.1, -0.05) is 23.7 Å². The fraction of sp³-hybridized carbons (Fsp3) is 0.469. The molecule has 1 aromatic carbocycles. The molecule has 1 aliphatic carbocycles. The van der Waals surface area contributed by atoms with Crippen molar-refractivity contribution in [2.45, 2.75) is 44.4 Å². The number of alkyl halides is 1. The van der Waals surface area contributed by atoms with E-state index in [1.54, 1.807) is 4.90 Å². The van der Waals surface area contributed by atoms with Gasteiger partial charge in [0.15, 0.2) is 0 Å². The Morgan fingerprint density at radius 2 is 2.05 bits per heavy atom. The highest BCUT2D eigenvalue weighted by atomic mass is 35.5. The van der Waals surface area contributed by atoms with Crippen LogP contribution in [0.25, 0.3) is 15.6 Å². The number of hydrogen-bond acceptors (Lipinski definition) is 8. The predicted octanol–water partition coefficient (Wildman–Crippen LogP) is 4.65. The Labute approximate surface area is 261 Å². The molecule has 1 amide bonds. The van der Waals surface area contributed by atoms with Crippen LogP contribution in [0.5, 0.6) is 6.01 Å². The number of halogens is 2. The van der Waals surface area contributed by atoms with Crippen molar-refractivity contribution in [2.75, 3.05) is 62.4 Å². The lowest BCUT2D eigenvalue weighted by Gasteiger charge is -2.41. The molecule has 2 fully saturated rings. The summed E-state index contributed by atoms with van der Waals surface area (Å²) in [6.07, 6.45) is 10.2. The Kier molecular flexibility index (Phi) is 9.38. The fourth-order valence-corrected chi connectivity index (χ4v) is 6.16. The number of ether oxygens (including phenoxy) is 2. The largest absolute Gasteiger partial charge is 0.463 e. The first kappa shape index (κ1) is 30.0. The number of carbonyl (C=O) groups excluding carboxylic acids is 1. The average molecular weight is 620 g/mol. The number of nitrogens with zero attached hydrogens (tertiary/aromatic N) is 7. The zero-order chi connectivity index (χ0) is 30.5. The van der Waals surface area contributed by atoms with E-state index in [1.807, 2.05) is 30.6 Å². The van der Waals surface area contributed by atoms with Gasteiger partial charge >= 0.3 is 6.01 Å². The third-order valence-electron chi connectivity index (χ3n) is 8.19. The van der Waals surface area contributed by atoms with Crippen LogP contribution in [0.4, 0.5) is 15.9 Å². The van der Waals surface area contributed by atoms with Crippen molar-refractivity contribution in [2.24, 2.45) is 0 Å². The minimum Gasteiger partial charge on any atom is -0.463 e. The van der Waals surface area contributed by atoms with Gasteiger partial charge in [-0.3, -0.25) is 9.78 Å². The second-order valence-electron chi connectivity index (χ2n) is 11.2. The summed E-state index contributed by atoms with van der Waals surface area (Å²) in [5.41, 5.74) is 2.84. The second-order valence-corrected chi connectivity index (χ2v) is 11.6. The molecule has 12 heteroatoms. The minimum absolute atomic E-state index is 0.145. The SMILES string of the molecule is [C-]#[N+]C[C@H]1CN(c2nc(OCCCOC3CC3)nc3c2CCN(c2cncc4cccc(Cl)c24)C3)CCN1C(=O)/C=C/CF. The number of carbonyl (C=O) groups is 1. The van der Waals surface area contributed by atoms with Gasteiger partial charge in [0.1, 0.15) is 18.5 Å². The molecule has 1 saturated carbocycles. The van der Waals surface area contributed by atoms with Gasteiger partial charge in [0.2, 0.25) is 12.5 Å². The van der Waals surface area contributed by atoms with E-state index in [0.717, 1.165) is 52.8 Å². The number of benzene rings is 1. The molecule has 230 valence electrons. The van der Waals surface area contributed by atoms with Crippen molar-refractivity contribution in [3.63, 3.8) is 0 Å². The van der Waals surface area contributed by atoms with Crippen molar-refractivity contribution in [1.82, 2.24) is 19.9 Å². The summed E-state index contributed by atoms with van der Waals surface area (Å²) in [5, 5.41) is 2.60. The van der Waals surface area contributed by atoms with Crippen LogP contribution in [-0.4, -0.2) is 90.5 Å². The fourth-order valence-electron chi connectivity index (χ4n) is 5.88. The molecule has 0 spiro atoms. The minimum atomic E-state index is -0.709. The third kappa shape index (κ3) is 6.71. The summed E-state index contributed by atoms with van der Waals surface area (Å²) in [7, 11) is 0. The van der Waals surface area contributed by atoms with Crippen LogP contribution in [0.1, 0.15) is 30.5 Å². The first-order chi connectivity index (χ1) is 21.6. The van der Waals surface area contributed by atoms with Crippen molar-refractivity contribution >= 4 is 39.8 Å². The summed E-state index contributed by atoms with van der Waals surface area (Å²) < 4.78 is 24.5. The number of hydrogen-bond donors (Lipinski definition) is 0. The Balaban J connectivity index is 1.28. The van der Waals surface area contributed by atoms with Crippen LogP contribution in [-0.2, 0) is 22.5 Å². The number of amides is 1. The van der Waals surface area contributed by atoms with Gasteiger partial charge < -0.3 is 29.0 Å². The van der Waals surface area contributed by atoms with Crippen LogP contribution in [0.3, 0.4) is 0 Å². The van der Waals surface area contributed by atoms with Crippen LogP contribution >= 0.6 is 11.6 Å². The highest BCUT2D eigenvalue weighted by Gasteiger charge is 2.35. The summed E-state index contributed by atoms with van der Waals surface area (Å²) in [6, 6.07) is 5.77. The highest BCUT2D eigenvalue weighted by Crippen LogP contribution is 2.36. The second kappa shape index (κ2) is 13.7. The molecule has 2 aromatic heterocycles. The number of allylic oxidation sites excluding steroid dienone is 1. The van der Waals surface area contributed by atoms with Gasteiger partial charge in [-0.25, -0.2) is 11.0 Å². The molecule has 2 aliphatic heterocycles. The quantitative estimate of drug-likeness (QED) is 0.174. The normalized spacial score (nSPS) is 18.5. The van der Waals surface area contributed by atoms with E-state index in [0.29, 0.717) is 69.5 Å². The van der Waals surface area contributed by atoms with Crippen LogP contribution in [0.2, 0.25) is 5.02 Å². The van der Waals surface area contributed by atoms with E-state index in [1.165, 1.54) is 12.2 Å². The van der Waals surface area contributed by atoms with Gasteiger partial charge in [0.25, 0.3) is 0 Å². The van der Waals surface area contributed by atoms with E-state index in [2.05, 4.69) is 19.6 Å². The van der Waals surface area contributed by atoms with Crippen LogP contribution < -0.4 is 14.5 Å². The maximum absolute atomic E-state index is 12.8. The number of aromatic nitrogens is 3. The lowest BCUT2D eigenvalue weighted by atomic mass is 10.0. The number of anilines is 2. The molecule has 0 N–H and O–H groups in total. The van der Waals surface area contributed by atoms with Gasteiger partial charge in [-0.05, 0) is 31.4 Å². The summed E-state index contributed by atoms with van der Waals surface area (Å²) in [6.45, 7) is 10.6. The number of fused-ring (bicyclic) bond motifs is 2. The Morgan fingerprint density at radius 3 is 2.86 bits per heavy atom. The molecule has 0 bridgehead atoms.